The van der Waals surface area contributed by atoms with E-state index >= 15 is 0 Å². The molecule has 0 amide bonds. The molecule has 1 nitrogen and oxygen atoms in total. The van der Waals surface area contributed by atoms with E-state index in [0.29, 0.717) is 0 Å². The summed E-state index contributed by atoms with van der Waals surface area (Å²) in [7, 11) is 0. The van der Waals surface area contributed by atoms with Crippen molar-refractivity contribution in [2.45, 2.75) is 0 Å². The number of nitrogens with one attached hydrogen (secondary N) is 1. The summed E-state index contributed by atoms with van der Waals surface area (Å²) in [5.74, 6) is 0. The summed E-state index contributed by atoms with van der Waals surface area (Å²) < 4.78 is 0. The van der Waals surface area contributed by atoms with E-state index in [1.165, 1.54) is 129 Å². The quantitative estimate of drug-likeness (QED) is 0.136. The number of rotatable bonds is 2. The van der Waals surface area contributed by atoms with Crippen molar-refractivity contribution in [1.82, 2.24) is 0 Å². The Hall–Kier alpha value is -8.00. The predicted octanol–water partition coefficient (Wildman–Crippen LogP) is 17.3. The van der Waals surface area contributed by atoms with Crippen LogP contribution in [-0.2, 0) is 0 Å². The summed E-state index contributed by atoms with van der Waals surface area (Å²) in [6, 6.07) is 77.4. The van der Waals surface area contributed by atoms with Gasteiger partial charge in [0.15, 0.2) is 0 Å². The Labute approximate surface area is 350 Å². The summed E-state index contributed by atoms with van der Waals surface area (Å²) in [5, 5.41) is 34.2. The summed E-state index contributed by atoms with van der Waals surface area (Å²) >= 11 is 0. The average molecular weight is 770 g/mol. The van der Waals surface area contributed by atoms with Gasteiger partial charge in [-0.1, -0.05) is 97.1 Å². The first-order valence-corrected chi connectivity index (χ1v) is 21.2. The van der Waals surface area contributed by atoms with Crippen LogP contribution in [0.25, 0.3) is 129 Å². The van der Waals surface area contributed by atoms with Crippen LogP contribution >= 0.6 is 0 Å². The molecular formula is C60H35N. The van der Waals surface area contributed by atoms with Crippen LogP contribution in [0.2, 0.25) is 0 Å². The molecule has 1 heteroatoms. The maximum absolute atomic E-state index is 3.92. The van der Waals surface area contributed by atoms with Crippen molar-refractivity contribution >= 4 is 141 Å². The van der Waals surface area contributed by atoms with Crippen molar-refractivity contribution in [3.05, 3.63) is 206 Å². The van der Waals surface area contributed by atoms with Gasteiger partial charge in [-0.05, 0) is 228 Å². The molecule has 1 N–H and O–H groups in total. The van der Waals surface area contributed by atoms with Crippen LogP contribution in [0, 0.1) is 0 Å². The molecule has 0 aromatic heterocycles. The van der Waals surface area contributed by atoms with Gasteiger partial charge in [-0.25, -0.2) is 0 Å². The van der Waals surface area contributed by atoms with Gasteiger partial charge >= 0.3 is 0 Å². The van der Waals surface area contributed by atoms with Gasteiger partial charge in [0.05, 0.1) is 0 Å². The minimum atomic E-state index is 1.10. The van der Waals surface area contributed by atoms with Crippen molar-refractivity contribution in [3.63, 3.8) is 0 Å². The molecule has 0 atom stereocenters. The number of hydrogen-bond donors (Lipinski definition) is 1. The molecule has 14 rings (SSSR count). The van der Waals surface area contributed by atoms with E-state index in [1.807, 2.05) is 0 Å². The fourth-order valence-electron chi connectivity index (χ4n) is 10.4. The third-order valence-corrected chi connectivity index (χ3v) is 13.5. The molecule has 0 saturated heterocycles. The Bertz CT molecular complexity index is 3980. The molecule has 0 aliphatic carbocycles. The van der Waals surface area contributed by atoms with Crippen molar-refractivity contribution in [2.75, 3.05) is 5.32 Å². The second kappa shape index (κ2) is 12.3. The van der Waals surface area contributed by atoms with Crippen LogP contribution < -0.4 is 5.32 Å². The first-order chi connectivity index (χ1) is 30.1. The molecule has 0 fully saturated rings. The molecule has 0 heterocycles. The van der Waals surface area contributed by atoms with Crippen molar-refractivity contribution in [2.24, 2.45) is 0 Å². The predicted molar refractivity (Wildman–Crippen MR) is 266 cm³/mol. The lowest BCUT2D eigenvalue weighted by molar-refractivity contribution is 1.62. The Morgan fingerprint density at radius 1 is 0.164 bits per heavy atom. The third kappa shape index (κ3) is 5.08. The van der Waals surface area contributed by atoms with Gasteiger partial charge in [-0.2, -0.15) is 0 Å². The van der Waals surface area contributed by atoms with Crippen LogP contribution in [0.4, 0.5) is 11.4 Å². The Morgan fingerprint density at radius 3 is 0.721 bits per heavy atom. The van der Waals surface area contributed by atoms with Crippen LogP contribution in [0.15, 0.2) is 206 Å². The highest BCUT2D eigenvalue weighted by molar-refractivity contribution is 6.20. The normalized spacial score (nSPS) is 12.3. The molecule has 61 heavy (non-hydrogen) atoms. The Morgan fingerprint density at radius 2 is 0.393 bits per heavy atom. The number of anilines is 2. The van der Waals surface area contributed by atoms with E-state index in [9.17, 15) is 0 Å². The second-order valence-electron chi connectivity index (χ2n) is 17.1. The van der Waals surface area contributed by atoms with Gasteiger partial charge in [-0.3, -0.25) is 0 Å². The van der Waals surface area contributed by atoms with E-state index in [0.717, 1.165) is 11.4 Å². The van der Waals surface area contributed by atoms with Crippen LogP contribution in [0.5, 0.6) is 0 Å². The Balaban J connectivity index is 0.902. The zero-order chi connectivity index (χ0) is 39.8. The molecular weight excluding hydrogens is 735 g/mol. The van der Waals surface area contributed by atoms with Crippen LogP contribution in [0.3, 0.4) is 0 Å². The lowest BCUT2D eigenvalue weighted by Gasteiger charge is -2.15. The van der Waals surface area contributed by atoms with Crippen molar-refractivity contribution in [3.8, 4) is 0 Å². The fourth-order valence-corrected chi connectivity index (χ4v) is 10.4. The van der Waals surface area contributed by atoms with E-state index in [-0.39, 0.29) is 0 Å². The number of fused-ring (bicyclic) bond motifs is 14. The fraction of sp³-hybridized carbons (Fsp3) is 0. The first-order valence-electron chi connectivity index (χ1n) is 21.2. The first kappa shape index (κ1) is 32.9. The molecule has 0 radical (unpaired) electrons. The Kier molecular flexibility index (Phi) is 6.62. The zero-order valence-electron chi connectivity index (χ0n) is 33.1. The highest BCUT2D eigenvalue weighted by Gasteiger charge is 2.12. The van der Waals surface area contributed by atoms with E-state index < -0.39 is 0 Å². The summed E-state index contributed by atoms with van der Waals surface area (Å²) in [4.78, 5) is 0. The lowest BCUT2D eigenvalue weighted by atomic mass is 9.93. The summed E-state index contributed by atoms with van der Waals surface area (Å²) in [5.41, 5.74) is 2.21. The zero-order valence-corrected chi connectivity index (χ0v) is 33.1. The van der Waals surface area contributed by atoms with E-state index in [2.05, 4.69) is 212 Å². The number of hydrogen-bond acceptors (Lipinski definition) is 1. The third-order valence-electron chi connectivity index (χ3n) is 13.5. The van der Waals surface area contributed by atoms with Gasteiger partial charge in [0.1, 0.15) is 0 Å². The minimum Gasteiger partial charge on any atom is -0.355 e. The summed E-state index contributed by atoms with van der Waals surface area (Å²) in [6.07, 6.45) is 0. The molecule has 0 unspecified atom stereocenters. The summed E-state index contributed by atoms with van der Waals surface area (Å²) in [6.45, 7) is 0. The monoisotopic (exact) mass is 769 g/mol. The topological polar surface area (TPSA) is 12.0 Å². The largest absolute Gasteiger partial charge is 0.355 e. The molecule has 0 aliphatic rings. The standard InChI is InChI=1S/C60H35N/c1-3-9-37-21-49-29-53-41(25-45(49)19-35(37)7-1)15-17-43-27-47-23-39-11-5-13-59(57(39)33-51(47)31-55(43)53)61-60-14-6-12-40-24-48-28-44-18-16-42-26-46-20-36-8-2-4-10-38(36)22-50(46)30-54(42)56(44)32-52(48)34-58(40)60/h1-34,61H. The SMILES string of the molecule is c1ccc2cc3cc4c(ccc5cc6cc7cccc(Nc8cccc9cc%10cc%11ccc%12cc%13cc%14ccccc%14cc%13cc%12c%11cc%10cc89)c7cc6cc54)cc3cc2c1. The highest BCUT2D eigenvalue weighted by Crippen LogP contribution is 2.40. The van der Waals surface area contributed by atoms with Crippen LogP contribution in [-0.4, -0.2) is 0 Å². The van der Waals surface area contributed by atoms with E-state index in [1.54, 1.807) is 0 Å². The minimum absolute atomic E-state index is 1.10. The van der Waals surface area contributed by atoms with Gasteiger partial charge in [0.25, 0.3) is 0 Å². The van der Waals surface area contributed by atoms with Gasteiger partial charge in [0, 0.05) is 22.1 Å². The molecule has 14 aromatic carbocycles. The van der Waals surface area contributed by atoms with E-state index in [4.69, 9.17) is 0 Å². The molecule has 0 spiro atoms. The van der Waals surface area contributed by atoms with Crippen LogP contribution in [0.1, 0.15) is 0 Å². The number of benzene rings is 14. The van der Waals surface area contributed by atoms with Gasteiger partial charge < -0.3 is 5.32 Å². The highest BCUT2D eigenvalue weighted by atomic mass is 14.9. The van der Waals surface area contributed by atoms with Gasteiger partial charge in [0.2, 0.25) is 0 Å². The maximum Gasteiger partial charge on any atom is 0.0464 e. The maximum atomic E-state index is 3.92. The second-order valence-corrected chi connectivity index (χ2v) is 17.1. The van der Waals surface area contributed by atoms with Crippen molar-refractivity contribution < 1.29 is 0 Å². The molecule has 0 saturated carbocycles. The smallest absolute Gasteiger partial charge is 0.0464 e. The molecule has 280 valence electrons. The molecule has 14 aromatic rings. The molecule has 0 aliphatic heterocycles. The van der Waals surface area contributed by atoms with Crippen molar-refractivity contribution in [1.29, 1.82) is 0 Å². The lowest BCUT2D eigenvalue weighted by Crippen LogP contribution is -1.93. The average Bonchev–Trinajstić information content (AvgIpc) is 3.29. The van der Waals surface area contributed by atoms with Gasteiger partial charge in [-0.15, -0.1) is 0 Å². The molecule has 0 bridgehead atoms.